The molecule has 114 valence electrons. The lowest BCUT2D eigenvalue weighted by atomic mass is 10.3. The number of rotatable bonds is 5. The van der Waals surface area contributed by atoms with Gasteiger partial charge in [0, 0.05) is 0 Å². The molecule has 0 N–H and O–H groups in total. The summed E-state index contributed by atoms with van der Waals surface area (Å²) in [6.07, 6.45) is 0. The zero-order valence-corrected chi connectivity index (χ0v) is 15.5. The lowest BCUT2D eigenvalue weighted by molar-refractivity contribution is 0.473. The highest BCUT2D eigenvalue weighted by Crippen LogP contribution is 2.30. The maximum atomic E-state index is 13.4. The predicted molar refractivity (Wildman–Crippen MR) is 82.0 cm³/mol. The van der Waals surface area contributed by atoms with E-state index in [1.807, 2.05) is 19.6 Å². The molecule has 0 aromatic heterocycles. The molecule has 0 heterocycles. The summed E-state index contributed by atoms with van der Waals surface area (Å²) >= 11 is 0. The monoisotopic (exact) mass is 336 g/mol. The first-order valence-electron chi connectivity index (χ1n) is 6.24. The Balaban J connectivity index is 3.32. The Morgan fingerprint density at radius 2 is 1.55 bits per heavy atom. The molecule has 0 atom stereocenters. The van der Waals surface area contributed by atoms with Crippen LogP contribution >= 0.6 is 0 Å². The summed E-state index contributed by atoms with van der Waals surface area (Å²) in [7, 11) is -8.37. The fourth-order valence-electron chi connectivity index (χ4n) is 1.47. The lowest BCUT2D eigenvalue weighted by Gasteiger charge is -2.23. The van der Waals surface area contributed by atoms with Crippen LogP contribution in [0.4, 0.5) is 4.39 Å². The SMILES string of the molecule is C[Si](C)(C)Oc1ccc(F)cc1S(=O)(=O)O[Si](C)(C)C. The normalized spacial score (nSPS) is 13.3. The van der Waals surface area contributed by atoms with Crippen molar-refractivity contribution in [2.24, 2.45) is 0 Å². The van der Waals surface area contributed by atoms with Crippen LogP contribution in [0.1, 0.15) is 0 Å². The van der Waals surface area contributed by atoms with E-state index in [9.17, 15) is 12.8 Å². The van der Waals surface area contributed by atoms with Crippen LogP contribution < -0.4 is 4.43 Å². The first kappa shape index (κ1) is 17.3. The van der Waals surface area contributed by atoms with Crippen LogP contribution in [0.3, 0.4) is 0 Å². The molecule has 0 saturated carbocycles. The van der Waals surface area contributed by atoms with E-state index in [1.165, 1.54) is 12.1 Å². The number of halogens is 1. The number of hydrogen-bond donors (Lipinski definition) is 0. The molecule has 0 unspecified atom stereocenters. The summed E-state index contributed by atoms with van der Waals surface area (Å²) in [5.41, 5.74) is 0. The minimum Gasteiger partial charge on any atom is -0.543 e. The van der Waals surface area contributed by atoms with Gasteiger partial charge in [-0.2, -0.15) is 8.42 Å². The van der Waals surface area contributed by atoms with E-state index in [2.05, 4.69) is 0 Å². The Labute approximate surface area is 122 Å². The van der Waals surface area contributed by atoms with Gasteiger partial charge in [-0.05, 0) is 57.5 Å². The van der Waals surface area contributed by atoms with E-state index in [4.69, 9.17) is 8.30 Å². The molecule has 4 nitrogen and oxygen atoms in total. The maximum Gasteiger partial charge on any atom is 0.291 e. The van der Waals surface area contributed by atoms with Crippen LogP contribution in [0.25, 0.3) is 0 Å². The molecule has 0 fully saturated rings. The first-order chi connectivity index (χ1) is 8.80. The van der Waals surface area contributed by atoms with Crippen molar-refractivity contribution in [1.82, 2.24) is 0 Å². The Bertz CT molecular complexity index is 588. The molecule has 0 radical (unpaired) electrons. The standard InChI is InChI=1S/C12H21FO4SSi2/c1-19(2,3)16-11-8-7-10(13)9-12(11)18(14,15)17-20(4,5)6/h7-9H,1-6H3. The molecule has 0 spiro atoms. The maximum absolute atomic E-state index is 13.4. The fraction of sp³-hybridized carbons (Fsp3) is 0.500. The van der Waals surface area contributed by atoms with Crippen LogP contribution in [-0.4, -0.2) is 25.1 Å². The van der Waals surface area contributed by atoms with E-state index >= 15 is 0 Å². The Morgan fingerprint density at radius 1 is 1.00 bits per heavy atom. The van der Waals surface area contributed by atoms with Crippen molar-refractivity contribution in [3.05, 3.63) is 24.0 Å². The van der Waals surface area contributed by atoms with Crippen molar-refractivity contribution in [2.75, 3.05) is 0 Å². The van der Waals surface area contributed by atoms with Gasteiger partial charge in [-0.25, -0.2) is 4.39 Å². The largest absolute Gasteiger partial charge is 0.543 e. The zero-order valence-electron chi connectivity index (χ0n) is 12.7. The molecule has 1 aromatic rings. The van der Waals surface area contributed by atoms with Crippen molar-refractivity contribution in [3.8, 4) is 5.75 Å². The average Bonchev–Trinajstić information content (AvgIpc) is 2.14. The van der Waals surface area contributed by atoms with Gasteiger partial charge in [0.1, 0.15) is 16.5 Å². The molecule has 0 amide bonds. The molecule has 0 aliphatic rings. The van der Waals surface area contributed by atoms with E-state index in [1.54, 1.807) is 19.6 Å². The lowest BCUT2D eigenvalue weighted by Crippen LogP contribution is -2.32. The molecular weight excluding hydrogens is 315 g/mol. The van der Waals surface area contributed by atoms with Crippen LogP contribution in [-0.2, 0) is 14.0 Å². The van der Waals surface area contributed by atoms with E-state index in [-0.39, 0.29) is 10.6 Å². The molecule has 0 aliphatic heterocycles. The number of hydrogen-bond acceptors (Lipinski definition) is 4. The summed E-state index contributed by atoms with van der Waals surface area (Å²) < 4.78 is 48.9. The predicted octanol–water partition coefficient (Wildman–Crippen LogP) is 3.58. The molecule has 1 aromatic carbocycles. The van der Waals surface area contributed by atoms with Gasteiger partial charge in [0.2, 0.25) is 16.6 Å². The van der Waals surface area contributed by atoms with Gasteiger partial charge < -0.3 is 8.30 Å². The van der Waals surface area contributed by atoms with Gasteiger partial charge in [-0.3, -0.25) is 0 Å². The van der Waals surface area contributed by atoms with Crippen molar-refractivity contribution < 1.29 is 21.1 Å². The van der Waals surface area contributed by atoms with Crippen LogP contribution in [0, 0.1) is 5.82 Å². The van der Waals surface area contributed by atoms with Crippen LogP contribution in [0.2, 0.25) is 39.3 Å². The van der Waals surface area contributed by atoms with Crippen molar-refractivity contribution in [2.45, 2.75) is 44.2 Å². The van der Waals surface area contributed by atoms with E-state index < -0.39 is 32.6 Å². The topological polar surface area (TPSA) is 52.6 Å². The van der Waals surface area contributed by atoms with Gasteiger partial charge in [0.15, 0.2) is 0 Å². The summed E-state index contributed by atoms with van der Waals surface area (Å²) in [6.45, 7) is 11.0. The van der Waals surface area contributed by atoms with Crippen molar-refractivity contribution in [1.29, 1.82) is 0 Å². The summed E-state index contributed by atoms with van der Waals surface area (Å²) in [5, 5.41) is 0. The Morgan fingerprint density at radius 3 is 2.00 bits per heavy atom. The molecular formula is C12H21FO4SSi2. The molecule has 20 heavy (non-hydrogen) atoms. The van der Waals surface area contributed by atoms with E-state index in [0.29, 0.717) is 0 Å². The highest BCUT2D eigenvalue weighted by atomic mass is 32.2. The summed E-state index contributed by atoms with van der Waals surface area (Å²) in [6, 6.07) is 3.47. The molecule has 1 rings (SSSR count). The Kier molecular flexibility index (Phi) is 4.85. The smallest absolute Gasteiger partial charge is 0.291 e. The third-order valence-corrected chi connectivity index (χ3v) is 6.52. The molecule has 8 heteroatoms. The minimum absolute atomic E-state index is 0.156. The van der Waals surface area contributed by atoms with Gasteiger partial charge >= 0.3 is 0 Å². The zero-order chi connectivity index (χ0) is 15.8. The molecule has 0 saturated heterocycles. The Hall–Kier alpha value is -0.706. The highest BCUT2D eigenvalue weighted by molar-refractivity contribution is 7.88. The van der Waals surface area contributed by atoms with Crippen molar-refractivity contribution in [3.63, 3.8) is 0 Å². The van der Waals surface area contributed by atoms with E-state index in [0.717, 1.165) is 6.07 Å². The van der Waals surface area contributed by atoms with Gasteiger partial charge in [0.05, 0.1) is 0 Å². The van der Waals surface area contributed by atoms with Crippen LogP contribution in [0.5, 0.6) is 5.75 Å². The third-order valence-electron chi connectivity index (χ3n) is 1.95. The fourth-order valence-corrected chi connectivity index (χ4v) is 5.98. The molecule has 0 bridgehead atoms. The second-order valence-corrected chi connectivity index (χ2v) is 17.1. The first-order valence-corrected chi connectivity index (χ1v) is 14.5. The quantitative estimate of drug-likeness (QED) is 0.771. The van der Waals surface area contributed by atoms with Gasteiger partial charge in [-0.15, -0.1) is 0 Å². The average molecular weight is 337 g/mol. The summed E-state index contributed by atoms with van der Waals surface area (Å²) in [4.78, 5) is -0.234. The van der Waals surface area contributed by atoms with Crippen molar-refractivity contribution >= 4 is 26.8 Å². The van der Waals surface area contributed by atoms with Crippen LogP contribution in [0.15, 0.2) is 23.1 Å². The minimum atomic E-state index is -4.02. The van der Waals surface area contributed by atoms with Gasteiger partial charge in [0.25, 0.3) is 10.1 Å². The summed E-state index contributed by atoms with van der Waals surface area (Å²) in [5.74, 6) is -0.477. The third kappa shape index (κ3) is 5.35. The number of benzene rings is 1. The highest BCUT2D eigenvalue weighted by Gasteiger charge is 2.30. The molecule has 0 aliphatic carbocycles. The second kappa shape index (κ2) is 5.59. The van der Waals surface area contributed by atoms with Gasteiger partial charge in [-0.1, -0.05) is 0 Å². The second-order valence-electron chi connectivity index (χ2n) is 6.46.